The van der Waals surface area contributed by atoms with E-state index in [-0.39, 0.29) is 24.0 Å². The van der Waals surface area contributed by atoms with Gasteiger partial charge in [-0.15, -0.1) is 0 Å². The van der Waals surface area contributed by atoms with E-state index in [0.717, 1.165) is 32.2 Å². The largest absolute Gasteiger partial charge is 0.474 e. The molecule has 2 aliphatic rings. The molecule has 120 valence electrons. The monoisotopic (exact) mass is 304 g/mol. The van der Waals surface area contributed by atoms with E-state index in [1.807, 2.05) is 4.90 Å². The highest BCUT2D eigenvalue weighted by Gasteiger charge is 2.27. The molecule has 0 bridgehead atoms. The number of pyridine rings is 1. The van der Waals surface area contributed by atoms with Gasteiger partial charge in [0.15, 0.2) is 0 Å². The van der Waals surface area contributed by atoms with Crippen LogP contribution >= 0.6 is 0 Å². The van der Waals surface area contributed by atoms with Gasteiger partial charge in [-0.2, -0.15) is 0 Å². The van der Waals surface area contributed by atoms with Gasteiger partial charge in [0.2, 0.25) is 5.88 Å². The smallest absolute Gasteiger partial charge is 0.254 e. The van der Waals surface area contributed by atoms with Crippen molar-refractivity contribution < 1.29 is 14.6 Å². The molecule has 1 aromatic rings. The van der Waals surface area contributed by atoms with Crippen LogP contribution in [-0.2, 0) is 0 Å². The van der Waals surface area contributed by atoms with Crippen LogP contribution in [0.4, 0.5) is 0 Å². The molecule has 1 saturated heterocycles. The molecular formula is C17H24N2O3. The lowest BCUT2D eigenvalue weighted by Gasteiger charge is -2.34. The Morgan fingerprint density at radius 1 is 1.41 bits per heavy atom. The standard InChI is InChI=1S/C17H24N2O3/c1-12(20)14-4-3-9-19(11-14)17(21)13-7-8-18-16(10-13)22-15-5-2-6-15/h7-8,10,12,14-15,20H,2-6,9,11H2,1H3. The number of amides is 1. The van der Waals surface area contributed by atoms with Gasteiger partial charge in [-0.1, -0.05) is 0 Å². The number of nitrogens with zero attached hydrogens (tertiary/aromatic N) is 2. The predicted molar refractivity (Wildman–Crippen MR) is 82.8 cm³/mol. The number of aliphatic hydroxyl groups is 1. The minimum Gasteiger partial charge on any atom is -0.474 e. The Hall–Kier alpha value is -1.62. The van der Waals surface area contributed by atoms with Crippen LogP contribution in [0.15, 0.2) is 18.3 Å². The third-order valence-electron chi connectivity index (χ3n) is 4.75. The summed E-state index contributed by atoms with van der Waals surface area (Å²) in [7, 11) is 0. The summed E-state index contributed by atoms with van der Waals surface area (Å²) >= 11 is 0. The van der Waals surface area contributed by atoms with Gasteiger partial charge in [-0.05, 0) is 45.1 Å². The van der Waals surface area contributed by atoms with Gasteiger partial charge < -0.3 is 14.7 Å². The quantitative estimate of drug-likeness (QED) is 0.926. The number of aliphatic hydroxyl groups excluding tert-OH is 1. The van der Waals surface area contributed by atoms with Gasteiger partial charge in [-0.3, -0.25) is 4.79 Å². The number of hydrogen-bond acceptors (Lipinski definition) is 4. The van der Waals surface area contributed by atoms with Crippen molar-refractivity contribution in [1.82, 2.24) is 9.88 Å². The first-order chi connectivity index (χ1) is 10.6. The number of carbonyl (C=O) groups excluding carboxylic acids is 1. The predicted octanol–water partition coefficient (Wildman–Crippen LogP) is 2.25. The first-order valence-corrected chi connectivity index (χ1v) is 8.23. The fourth-order valence-corrected chi connectivity index (χ4v) is 3.04. The second-order valence-corrected chi connectivity index (χ2v) is 6.45. The van der Waals surface area contributed by atoms with Crippen molar-refractivity contribution in [3.05, 3.63) is 23.9 Å². The van der Waals surface area contributed by atoms with Crippen molar-refractivity contribution in [1.29, 1.82) is 0 Å². The summed E-state index contributed by atoms with van der Waals surface area (Å²) in [6.45, 7) is 3.18. The molecule has 2 unspecified atom stereocenters. The Morgan fingerprint density at radius 2 is 2.23 bits per heavy atom. The van der Waals surface area contributed by atoms with E-state index in [1.165, 1.54) is 6.42 Å². The topological polar surface area (TPSA) is 62.7 Å². The van der Waals surface area contributed by atoms with Crippen molar-refractivity contribution in [2.75, 3.05) is 13.1 Å². The zero-order valence-electron chi connectivity index (χ0n) is 13.1. The second-order valence-electron chi connectivity index (χ2n) is 6.45. The maximum atomic E-state index is 12.7. The molecule has 5 nitrogen and oxygen atoms in total. The van der Waals surface area contributed by atoms with E-state index in [1.54, 1.807) is 25.3 Å². The van der Waals surface area contributed by atoms with E-state index in [9.17, 15) is 9.90 Å². The summed E-state index contributed by atoms with van der Waals surface area (Å²) in [5.74, 6) is 0.719. The van der Waals surface area contributed by atoms with Crippen LogP contribution in [0.25, 0.3) is 0 Å². The van der Waals surface area contributed by atoms with Gasteiger partial charge in [0.25, 0.3) is 5.91 Å². The Labute approximate surface area is 131 Å². The Morgan fingerprint density at radius 3 is 2.91 bits per heavy atom. The van der Waals surface area contributed by atoms with Crippen LogP contribution in [0.2, 0.25) is 0 Å². The lowest BCUT2D eigenvalue weighted by Crippen LogP contribution is -2.42. The normalized spacial score (nSPS) is 23.7. The van der Waals surface area contributed by atoms with Gasteiger partial charge in [0, 0.05) is 36.8 Å². The van der Waals surface area contributed by atoms with Crippen LogP contribution in [0, 0.1) is 5.92 Å². The average Bonchev–Trinajstić information content (AvgIpc) is 2.50. The van der Waals surface area contributed by atoms with Crippen molar-refractivity contribution >= 4 is 5.91 Å². The lowest BCUT2D eigenvalue weighted by atomic mass is 9.93. The third kappa shape index (κ3) is 3.40. The summed E-state index contributed by atoms with van der Waals surface area (Å²) in [6, 6.07) is 3.48. The van der Waals surface area contributed by atoms with E-state index < -0.39 is 0 Å². The number of rotatable bonds is 4. The van der Waals surface area contributed by atoms with Crippen LogP contribution < -0.4 is 4.74 Å². The fourth-order valence-electron chi connectivity index (χ4n) is 3.04. The highest BCUT2D eigenvalue weighted by molar-refractivity contribution is 5.94. The molecule has 3 rings (SSSR count). The summed E-state index contributed by atoms with van der Waals surface area (Å²) in [5, 5.41) is 9.76. The first kappa shape index (κ1) is 15.3. The maximum Gasteiger partial charge on any atom is 0.254 e. The molecular weight excluding hydrogens is 280 g/mol. The number of hydrogen-bond donors (Lipinski definition) is 1. The summed E-state index contributed by atoms with van der Waals surface area (Å²) in [4.78, 5) is 18.7. The van der Waals surface area contributed by atoms with E-state index in [2.05, 4.69) is 4.98 Å². The van der Waals surface area contributed by atoms with Crippen LogP contribution in [-0.4, -0.2) is 46.2 Å². The number of piperidine rings is 1. The van der Waals surface area contributed by atoms with Crippen LogP contribution in [0.3, 0.4) is 0 Å². The van der Waals surface area contributed by atoms with Crippen LogP contribution in [0.1, 0.15) is 49.4 Å². The van der Waals surface area contributed by atoms with Crippen molar-refractivity contribution in [3.63, 3.8) is 0 Å². The minimum atomic E-state index is -0.370. The molecule has 22 heavy (non-hydrogen) atoms. The molecule has 0 spiro atoms. The van der Waals surface area contributed by atoms with Crippen molar-refractivity contribution in [3.8, 4) is 5.88 Å². The molecule has 1 aliphatic carbocycles. The zero-order valence-corrected chi connectivity index (χ0v) is 13.1. The lowest BCUT2D eigenvalue weighted by molar-refractivity contribution is 0.0464. The van der Waals surface area contributed by atoms with Gasteiger partial charge in [0.05, 0.1) is 6.10 Å². The molecule has 1 aliphatic heterocycles. The molecule has 0 aromatic carbocycles. The third-order valence-corrected chi connectivity index (χ3v) is 4.75. The van der Waals surface area contributed by atoms with Gasteiger partial charge in [-0.25, -0.2) is 4.98 Å². The van der Waals surface area contributed by atoms with Crippen LogP contribution in [0.5, 0.6) is 5.88 Å². The van der Waals surface area contributed by atoms with Crippen molar-refractivity contribution in [2.24, 2.45) is 5.92 Å². The van der Waals surface area contributed by atoms with Crippen molar-refractivity contribution in [2.45, 2.75) is 51.2 Å². The maximum absolute atomic E-state index is 12.7. The Balaban J connectivity index is 1.67. The fraction of sp³-hybridized carbons (Fsp3) is 0.647. The SMILES string of the molecule is CC(O)C1CCCN(C(=O)c2ccnc(OC3CCC3)c2)C1. The molecule has 2 atom stereocenters. The van der Waals surface area contributed by atoms with E-state index in [4.69, 9.17) is 4.74 Å². The summed E-state index contributed by atoms with van der Waals surface area (Å²) in [5.41, 5.74) is 0.621. The molecule has 5 heteroatoms. The molecule has 1 aromatic heterocycles. The highest BCUT2D eigenvalue weighted by Crippen LogP contribution is 2.25. The minimum absolute atomic E-state index is 0.00575. The number of likely N-dealkylation sites (tertiary alicyclic amines) is 1. The molecule has 2 fully saturated rings. The summed E-state index contributed by atoms with van der Waals surface area (Å²) < 4.78 is 5.77. The van der Waals surface area contributed by atoms with Gasteiger partial charge in [0.1, 0.15) is 6.10 Å². The molecule has 2 heterocycles. The number of aromatic nitrogens is 1. The molecule has 1 saturated carbocycles. The highest BCUT2D eigenvalue weighted by atomic mass is 16.5. The second kappa shape index (κ2) is 6.65. The molecule has 1 N–H and O–H groups in total. The molecule has 0 radical (unpaired) electrons. The van der Waals surface area contributed by atoms with E-state index in [0.29, 0.717) is 18.0 Å². The number of carbonyl (C=O) groups is 1. The van der Waals surface area contributed by atoms with Gasteiger partial charge >= 0.3 is 0 Å². The first-order valence-electron chi connectivity index (χ1n) is 8.23. The molecule has 1 amide bonds. The Kier molecular flexibility index (Phi) is 4.62. The average molecular weight is 304 g/mol. The van der Waals surface area contributed by atoms with E-state index >= 15 is 0 Å². The summed E-state index contributed by atoms with van der Waals surface area (Å²) in [6.07, 6.45) is 6.79. The zero-order chi connectivity index (χ0) is 15.5. The number of ether oxygens (including phenoxy) is 1. The Bertz CT molecular complexity index is 528.